The first-order valence-electron chi connectivity index (χ1n) is 29.6. The highest BCUT2D eigenvalue weighted by Crippen LogP contribution is 2.23. The molecule has 1 rings (SSSR count). The Hall–Kier alpha value is -1.33. The van der Waals surface area contributed by atoms with E-state index in [4.69, 9.17) is 9.47 Å². The van der Waals surface area contributed by atoms with Gasteiger partial charge in [-0.05, 0) is 44.9 Å². The summed E-state index contributed by atoms with van der Waals surface area (Å²) in [6.07, 6.45) is 55.3. The Bertz CT molecular complexity index is 1120. The number of carbonyl (C=O) groups excluding carboxylic acids is 1. The predicted octanol–water partition coefficient (Wildman–Crippen LogP) is 14.6. The Labute approximate surface area is 419 Å². The molecule has 0 saturated carbocycles. The third-order valence-corrected chi connectivity index (χ3v) is 14.3. The summed E-state index contributed by atoms with van der Waals surface area (Å²) in [6, 6.07) is -0.804. The second-order valence-corrected chi connectivity index (χ2v) is 20.8. The second-order valence-electron chi connectivity index (χ2n) is 20.8. The summed E-state index contributed by atoms with van der Waals surface area (Å²) in [6.45, 7) is 3.82. The van der Waals surface area contributed by atoms with Gasteiger partial charge in [0.05, 0.1) is 25.4 Å². The average Bonchev–Trinajstić information content (AvgIpc) is 3.34. The van der Waals surface area contributed by atoms with Crippen molar-refractivity contribution in [2.75, 3.05) is 13.2 Å². The third-order valence-electron chi connectivity index (χ3n) is 14.3. The molecule has 9 heteroatoms. The zero-order valence-corrected chi connectivity index (χ0v) is 44.6. The quantitative estimate of drug-likeness (QED) is 0.0261. The molecule has 7 atom stereocenters. The summed E-state index contributed by atoms with van der Waals surface area (Å²) in [5.41, 5.74) is 0. The number of carbonyl (C=O) groups is 1. The SMILES string of the molecule is CCCCCCCCCCCCCC/C=C\CCCCCCCCCCCCC(=O)NC(COC1OC(CO)C(O)C(O)C1O)C(O)/C=C/CCCCCCCCCCCCCCCCCCC. The molecule has 1 aliphatic rings. The minimum absolute atomic E-state index is 0.174. The molecule has 7 unspecified atom stereocenters. The van der Waals surface area contributed by atoms with Crippen molar-refractivity contribution < 1.29 is 39.8 Å². The van der Waals surface area contributed by atoms with Crippen LogP contribution < -0.4 is 5.32 Å². The van der Waals surface area contributed by atoms with Crippen molar-refractivity contribution in [3.63, 3.8) is 0 Å². The minimum atomic E-state index is -1.57. The van der Waals surface area contributed by atoms with E-state index in [1.165, 1.54) is 231 Å². The van der Waals surface area contributed by atoms with E-state index in [1.807, 2.05) is 6.08 Å². The van der Waals surface area contributed by atoms with Crippen molar-refractivity contribution in [2.45, 2.75) is 333 Å². The molecule has 0 aromatic heterocycles. The van der Waals surface area contributed by atoms with Crippen LogP contribution in [0.1, 0.15) is 290 Å². The summed E-state index contributed by atoms with van der Waals surface area (Å²) in [5.74, 6) is -0.174. The first kappa shape index (κ1) is 64.7. The van der Waals surface area contributed by atoms with Gasteiger partial charge in [-0.1, -0.05) is 263 Å². The zero-order chi connectivity index (χ0) is 49.4. The number of aliphatic hydroxyl groups is 5. The Kier molecular flexibility index (Phi) is 46.9. The molecule has 0 spiro atoms. The number of unbranched alkanes of at least 4 members (excludes halogenated alkanes) is 39. The number of hydrogen-bond donors (Lipinski definition) is 6. The van der Waals surface area contributed by atoms with Gasteiger partial charge in [-0.25, -0.2) is 0 Å². The number of hydrogen-bond acceptors (Lipinski definition) is 8. The van der Waals surface area contributed by atoms with E-state index in [-0.39, 0.29) is 12.5 Å². The average molecular weight is 965 g/mol. The zero-order valence-electron chi connectivity index (χ0n) is 44.6. The highest BCUT2D eigenvalue weighted by molar-refractivity contribution is 5.76. The molecular formula is C59H113NO8. The largest absolute Gasteiger partial charge is 0.394 e. The molecule has 0 aromatic rings. The molecule has 68 heavy (non-hydrogen) atoms. The lowest BCUT2D eigenvalue weighted by atomic mass is 9.99. The second kappa shape index (κ2) is 49.3. The van der Waals surface area contributed by atoms with Gasteiger partial charge in [0.2, 0.25) is 5.91 Å². The molecule has 1 fully saturated rings. The molecule has 0 bridgehead atoms. The molecule has 1 aliphatic heterocycles. The van der Waals surface area contributed by atoms with Crippen molar-refractivity contribution in [3.05, 3.63) is 24.3 Å². The molecule has 1 heterocycles. The summed E-state index contributed by atoms with van der Waals surface area (Å²) in [7, 11) is 0. The van der Waals surface area contributed by atoms with Crippen molar-refractivity contribution in [3.8, 4) is 0 Å². The highest BCUT2D eigenvalue weighted by atomic mass is 16.7. The van der Waals surface area contributed by atoms with Gasteiger partial charge >= 0.3 is 0 Å². The van der Waals surface area contributed by atoms with Crippen LogP contribution in [0.5, 0.6) is 0 Å². The first-order valence-corrected chi connectivity index (χ1v) is 29.6. The third kappa shape index (κ3) is 38.4. The molecule has 0 aliphatic carbocycles. The fourth-order valence-corrected chi connectivity index (χ4v) is 9.57. The smallest absolute Gasteiger partial charge is 0.220 e. The van der Waals surface area contributed by atoms with Gasteiger partial charge in [0.15, 0.2) is 6.29 Å². The maximum atomic E-state index is 13.1. The molecule has 1 amide bonds. The van der Waals surface area contributed by atoms with E-state index in [2.05, 4.69) is 31.3 Å². The summed E-state index contributed by atoms with van der Waals surface area (Å²) < 4.78 is 11.3. The topological polar surface area (TPSA) is 149 Å². The molecule has 1 saturated heterocycles. The molecule has 0 radical (unpaired) electrons. The number of allylic oxidation sites excluding steroid dienone is 3. The van der Waals surface area contributed by atoms with Gasteiger partial charge in [-0.3, -0.25) is 4.79 Å². The Morgan fingerprint density at radius 3 is 1.19 bits per heavy atom. The van der Waals surface area contributed by atoms with Gasteiger partial charge in [-0.2, -0.15) is 0 Å². The van der Waals surface area contributed by atoms with Crippen molar-refractivity contribution >= 4 is 5.91 Å². The standard InChI is InChI=1S/C59H113NO8/c1-3-5-7-9-11-13-15-17-19-21-23-24-25-26-27-28-29-31-33-35-37-39-41-43-45-47-49-55(63)60-52(51-67-59-58(66)57(65)56(64)54(50-61)68-59)53(62)48-46-44-42-40-38-36-34-32-30-22-20-18-16-14-12-10-8-6-4-2/h26-27,46,48,52-54,56-59,61-62,64-66H,3-25,28-45,47,49-51H2,1-2H3,(H,60,63)/b27-26-,48-46+. The molecular weight excluding hydrogens is 851 g/mol. The van der Waals surface area contributed by atoms with Gasteiger partial charge in [0.1, 0.15) is 24.4 Å². The molecule has 9 nitrogen and oxygen atoms in total. The van der Waals surface area contributed by atoms with Gasteiger partial charge < -0.3 is 40.3 Å². The number of ether oxygens (including phenoxy) is 2. The summed E-state index contributed by atoms with van der Waals surface area (Å²) in [5, 5.41) is 54.5. The maximum Gasteiger partial charge on any atom is 0.220 e. The predicted molar refractivity (Wildman–Crippen MR) is 286 cm³/mol. The van der Waals surface area contributed by atoms with E-state index in [0.717, 1.165) is 38.5 Å². The van der Waals surface area contributed by atoms with Crippen LogP contribution in [0.25, 0.3) is 0 Å². The molecule has 402 valence electrons. The highest BCUT2D eigenvalue weighted by Gasteiger charge is 2.44. The molecule has 6 N–H and O–H groups in total. The Morgan fingerprint density at radius 1 is 0.485 bits per heavy atom. The maximum absolute atomic E-state index is 13.1. The lowest BCUT2D eigenvalue weighted by Gasteiger charge is -2.40. The lowest BCUT2D eigenvalue weighted by molar-refractivity contribution is -0.302. The van der Waals surface area contributed by atoms with E-state index < -0.39 is 49.5 Å². The van der Waals surface area contributed by atoms with Gasteiger partial charge in [-0.15, -0.1) is 0 Å². The summed E-state index contributed by atoms with van der Waals surface area (Å²) >= 11 is 0. The van der Waals surface area contributed by atoms with E-state index in [9.17, 15) is 30.3 Å². The van der Waals surface area contributed by atoms with Crippen molar-refractivity contribution in [2.24, 2.45) is 0 Å². The number of rotatable bonds is 51. The van der Waals surface area contributed by atoms with Crippen molar-refractivity contribution in [1.29, 1.82) is 0 Å². The molecule has 0 aromatic carbocycles. The Morgan fingerprint density at radius 2 is 0.824 bits per heavy atom. The fourth-order valence-electron chi connectivity index (χ4n) is 9.57. The monoisotopic (exact) mass is 964 g/mol. The lowest BCUT2D eigenvalue weighted by Crippen LogP contribution is -2.60. The number of nitrogens with one attached hydrogen (secondary N) is 1. The van der Waals surface area contributed by atoms with Crippen LogP contribution in [0, 0.1) is 0 Å². The van der Waals surface area contributed by atoms with Gasteiger partial charge in [0, 0.05) is 6.42 Å². The van der Waals surface area contributed by atoms with Crippen LogP contribution in [0.2, 0.25) is 0 Å². The van der Waals surface area contributed by atoms with E-state index in [1.54, 1.807) is 6.08 Å². The Balaban J connectivity index is 2.20. The van der Waals surface area contributed by atoms with Crippen LogP contribution in [0.3, 0.4) is 0 Å². The van der Waals surface area contributed by atoms with E-state index >= 15 is 0 Å². The van der Waals surface area contributed by atoms with E-state index in [0.29, 0.717) is 6.42 Å². The van der Waals surface area contributed by atoms with Crippen LogP contribution in [-0.2, 0) is 14.3 Å². The summed E-state index contributed by atoms with van der Waals surface area (Å²) in [4.78, 5) is 13.1. The van der Waals surface area contributed by atoms with Crippen LogP contribution >= 0.6 is 0 Å². The fraction of sp³-hybridized carbons (Fsp3) is 0.915. The van der Waals surface area contributed by atoms with Crippen molar-refractivity contribution in [1.82, 2.24) is 5.32 Å². The number of aliphatic hydroxyl groups excluding tert-OH is 5. The normalized spacial score (nSPS) is 19.7. The minimum Gasteiger partial charge on any atom is -0.394 e. The van der Waals surface area contributed by atoms with Gasteiger partial charge in [0.25, 0.3) is 0 Å². The van der Waals surface area contributed by atoms with Crippen LogP contribution in [0.15, 0.2) is 24.3 Å². The number of amides is 1. The van der Waals surface area contributed by atoms with Crippen LogP contribution in [-0.4, -0.2) is 87.5 Å². The van der Waals surface area contributed by atoms with Crippen LogP contribution in [0.4, 0.5) is 0 Å². The first-order chi connectivity index (χ1) is 33.3.